The maximum Gasteiger partial charge on any atom is 0.338 e. The Morgan fingerprint density at radius 2 is 2.20 bits per heavy atom. The van der Waals surface area contributed by atoms with Crippen LogP contribution in [0.3, 0.4) is 0 Å². The highest BCUT2D eigenvalue weighted by Gasteiger charge is 2.17. The zero-order valence-electron chi connectivity index (χ0n) is 12.4. The Morgan fingerprint density at radius 1 is 1.45 bits per heavy atom. The van der Waals surface area contributed by atoms with Gasteiger partial charge in [-0.1, -0.05) is 19.9 Å². The van der Waals surface area contributed by atoms with Crippen molar-refractivity contribution < 1.29 is 9.53 Å². The molecule has 1 aromatic carbocycles. The molecule has 4 nitrogen and oxygen atoms in total. The van der Waals surface area contributed by atoms with Gasteiger partial charge in [-0.15, -0.1) is 0 Å². The van der Waals surface area contributed by atoms with Crippen LogP contribution >= 0.6 is 0 Å². The Balaban J connectivity index is 2.63. The van der Waals surface area contributed by atoms with Gasteiger partial charge in [0.05, 0.1) is 18.2 Å². The lowest BCUT2D eigenvalue weighted by Crippen LogP contribution is -2.23. The highest BCUT2D eigenvalue weighted by molar-refractivity contribution is 5.90. The fourth-order valence-corrected chi connectivity index (χ4v) is 1.79. The molecule has 0 aromatic heterocycles. The first-order chi connectivity index (χ1) is 9.48. The molecule has 20 heavy (non-hydrogen) atoms. The molecule has 1 rings (SSSR count). The standard InChI is InChI=1S/C16H22N2O2/c1-4-20-15(19)13-7-5-8-14(11-13)18-12-16(2,3)9-6-10-17/h5,7-8,11,18H,4,6,9,12H2,1-3H3. The number of nitriles is 1. The average molecular weight is 274 g/mol. The summed E-state index contributed by atoms with van der Waals surface area (Å²) in [5.74, 6) is -0.306. The molecule has 0 bridgehead atoms. The molecule has 4 heteroatoms. The summed E-state index contributed by atoms with van der Waals surface area (Å²) in [5.41, 5.74) is 1.47. The van der Waals surface area contributed by atoms with Crippen LogP contribution in [0.5, 0.6) is 0 Å². The number of carbonyl (C=O) groups excluding carboxylic acids is 1. The van der Waals surface area contributed by atoms with E-state index in [1.807, 2.05) is 12.1 Å². The molecule has 0 heterocycles. The minimum absolute atomic E-state index is 0.0374. The quantitative estimate of drug-likeness (QED) is 0.772. The summed E-state index contributed by atoms with van der Waals surface area (Å²) in [6.07, 6.45) is 1.39. The monoisotopic (exact) mass is 274 g/mol. The van der Waals surface area contributed by atoms with Crippen molar-refractivity contribution >= 4 is 11.7 Å². The number of ether oxygens (including phenoxy) is 1. The van der Waals surface area contributed by atoms with Crippen LogP contribution in [0, 0.1) is 16.7 Å². The molecule has 0 saturated carbocycles. The van der Waals surface area contributed by atoms with Gasteiger partial charge in [0.1, 0.15) is 0 Å². The number of nitrogens with one attached hydrogen (secondary N) is 1. The smallest absolute Gasteiger partial charge is 0.338 e. The molecule has 108 valence electrons. The van der Waals surface area contributed by atoms with Crippen LogP contribution in [0.4, 0.5) is 5.69 Å². The number of rotatable bonds is 7. The zero-order valence-corrected chi connectivity index (χ0v) is 12.4. The second-order valence-corrected chi connectivity index (χ2v) is 5.48. The molecular formula is C16H22N2O2. The van der Waals surface area contributed by atoms with Crippen molar-refractivity contribution in [2.24, 2.45) is 5.41 Å². The molecule has 0 aliphatic heterocycles. The molecule has 1 N–H and O–H groups in total. The van der Waals surface area contributed by atoms with Crippen LogP contribution in [0.25, 0.3) is 0 Å². The summed E-state index contributed by atoms with van der Waals surface area (Å²) in [7, 11) is 0. The van der Waals surface area contributed by atoms with E-state index in [1.54, 1.807) is 19.1 Å². The van der Waals surface area contributed by atoms with Gasteiger partial charge < -0.3 is 10.1 Å². The average Bonchev–Trinajstić information content (AvgIpc) is 2.44. The number of nitrogens with zero attached hydrogens (tertiary/aromatic N) is 1. The van der Waals surface area contributed by atoms with Crippen LogP contribution < -0.4 is 5.32 Å². The second kappa shape index (κ2) is 7.54. The van der Waals surface area contributed by atoms with Gasteiger partial charge in [0.25, 0.3) is 0 Å². The van der Waals surface area contributed by atoms with Crippen molar-refractivity contribution in [3.8, 4) is 6.07 Å². The van der Waals surface area contributed by atoms with E-state index in [0.29, 0.717) is 18.6 Å². The maximum absolute atomic E-state index is 11.7. The molecule has 0 aliphatic carbocycles. The highest BCUT2D eigenvalue weighted by atomic mass is 16.5. The Morgan fingerprint density at radius 3 is 2.85 bits per heavy atom. The number of anilines is 1. The molecule has 0 atom stereocenters. The van der Waals surface area contributed by atoms with E-state index in [4.69, 9.17) is 10.00 Å². The van der Waals surface area contributed by atoms with E-state index in [9.17, 15) is 4.79 Å². The van der Waals surface area contributed by atoms with Gasteiger partial charge in [0.2, 0.25) is 0 Å². The van der Waals surface area contributed by atoms with Gasteiger partial charge in [-0.05, 0) is 37.0 Å². The van der Waals surface area contributed by atoms with Crippen LogP contribution in [-0.2, 0) is 4.74 Å². The Labute approximate surface area is 120 Å². The first-order valence-corrected chi connectivity index (χ1v) is 6.86. The SMILES string of the molecule is CCOC(=O)c1cccc(NCC(C)(C)CCC#N)c1. The number of carbonyl (C=O) groups is 1. The second-order valence-electron chi connectivity index (χ2n) is 5.48. The highest BCUT2D eigenvalue weighted by Crippen LogP contribution is 2.23. The van der Waals surface area contributed by atoms with E-state index < -0.39 is 0 Å². The van der Waals surface area contributed by atoms with E-state index in [0.717, 1.165) is 18.7 Å². The molecule has 0 radical (unpaired) electrons. The topological polar surface area (TPSA) is 62.1 Å². The molecule has 0 aliphatic rings. The molecule has 0 fully saturated rings. The van der Waals surface area contributed by atoms with Crippen molar-refractivity contribution in [1.29, 1.82) is 5.26 Å². The Bertz CT molecular complexity index is 489. The van der Waals surface area contributed by atoms with E-state index in [1.165, 1.54) is 0 Å². The maximum atomic E-state index is 11.7. The Hall–Kier alpha value is -2.02. The van der Waals surface area contributed by atoms with Crippen LogP contribution in [0.2, 0.25) is 0 Å². The molecule has 0 amide bonds. The molecule has 1 aromatic rings. The minimum atomic E-state index is -0.306. The first-order valence-electron chi connectivity index (χ1n) is 6.86. The summed E-state index contributed by atoms with van der Waals surface area (Å²) in [5, 5.41) is 12.0. The molecular weight excluding hydrogens is 252 g/mol. The van der Waals surface area contributed by atoms with Crippen LogP contribution in [0.15, 0.2) is 24.3 Å². The number of esters is 1. The lowest BCUT2D eigenvalue weighted by atomic mass is 9.88. The first kappa shape index (κ1) is 16.0. The summed E-state index contributed by atoms with van der Waals surface area (Å²) in [4.78, 5) is 11.7. The fraction of sp³-hybridized carbons (Fsp3) is 0.500. The van der Waals surface area contributed by atoms with Gasteiger partial charge in [-0.25, -0.2) is 4.79 Å². The predicted molar refractivity (Wildman–Crippen MR) is 79.5 cm³/mol. The van der Waals surface area contributed by atoms with E-state index >= 15 is 0 Å². The summed E-state index contributed by atoms with van der Waals surface area (Å²) in [6.45, 7) is 7.15. The van der Waals surface area contributed by atoms with Gasteiger partial charge >= 0.3 is 5.97 Å². The largest absolute Gasteiger partial charge is 0.462 e. The fourth-order valence-electron chi connectivity index (χ4n) is 1.79. The molecule has 0 spiro atoms. The van der Waals surface area contributed by atoms with Crippen molar-refractivity contribution in [1.82, 2.24) is 0 Å². The predicted octanol–water partition coefficient (Wildman–Crippen LogP) is 3.61. The molecule has 0 saturated heterocycles. The summed E-state index contributed by atoms with van der Waals surface area (Å²) in [6, 6.07) is 9.45. The van der Waals surface area contributed by atoms with E-state index in [-0.39, 0.29) is 11.4 Å². The number of hydrogen-bond donors (Lipinski definition) is 1. The van der Waals surface area contributed by atoms with Crippen molar-refractivity contribution in [3.63, 3.8) is 0 Å². The zero-order chi connectivity index (χ0) is 15.0. The van der Waals surface area contributed by atoms with E-state index in [2.05, 4.69) is 25.2 Å². The van der Waals surface area contributed by atoms with Gasteiger partial charge in [-0.3, -0.25) is 0 Å². The Kier molecular flexibility index (Phi) is 6.05. The van der Waals surface area contributed by atoms with Crippen molar-refractivity contribution in [3.05, 3.63) is 29.8 Å². The lowest BCUT2D eigenvalue weighted by molar-refractivity contribution is 0.0526. The third-order valence-corrected chi connectivity index (χ3v) is 3.06. The molecule has 0 unspecified atom stereocenters. The van der Waals surface area contributed by atoms with Gasteiger partial charge in [0, 0.05) is 18.7 Å². The number of hydrogen-bond acceptors (Lipinski definition) is 4. The third-order valence-electron chi connectivity index (χ3n) is 3.06. The lowest BCUT2D eigenvalue weighted by Gasteiger charge is -2.24. The minimum Gasteiger partial charge on any atom is -0.462 e. The van der Waals surface area contributed by atoms with Crippen LogP contribution in [0.1, 0.15) is 44.0 Å². The van der Waals surface area contributed by atoms with Crippen molar-refractivity contribution in [2.75, 3.05) is 18.5 Å². The summed E-state index contributed by atoms with van der Waals surface area (Å²) < 4.78 is 4.98. The van der Waals surface area contributed by atoms with Crippen molar-refractivity contribution in [2.45, 2.75) is 33.6 Å². The number of benzene rings is 1. The van der Waals surface area contributed by atoms with Gasteiger partial charge in [-0.2, -0.15) is 5.26 Å². The summed E-state index contributed by atoms with van der Waals surface area (Å²) >= 11 is 0. The third kappa shape index (κ3) is 5.31. The van der Waals surface area contributed by atoms with Crippen LogP contribution in [-0.4, -0.2) is 19.1 Å². The van der Waals surface area contributed by atoms with Gasteiger partial charge in [0.15, 0.2) is 0 Å². The normalized spacial score (nSPS) is 10.7.